The maximum absolute atomic E-state index is 4.67. The number of rotatable bonds is 1. The minimum Gasteiger partial charge on any atom is -0.232 e. The molecule has 0 fully saturated rings. The number of fused-ring (bicyclic) bond motifs is 3. The summed E-state index contributed by atoms with van der Waals surface area (Å²) in [6.07, 6.45) is 0. The molecule has 0 spiro atoms. The largest absolute Gasteiger partial charge is 0.232 e. The van der Waals surface area contributed by atoms with Crippen molar-refractivity contribution in [3.05, 3.63) is 60.4 Å². The van der Waals surface area contributed by atoms with E-state index >= 15 is 0 Å². The smallest absolute Gasteiger partial charge is 0.126 e. The zero-order valence-corrected chi connectivity index (χ0v) is 11.8. The Balaban J connectivity index is 2.16. The molecule has 3 heteroatoms. The third-order valence-corrected chi connectivity index (χ3v) is 4.55. The van der Waals surface area contributed by atoms with Crippen LogP contribution in [0.2, 0.25) is 0 Å². The van der Waals surface area contributed by atoms with E-state index in [2.05, 4.69) is 46.4 Å². The lowest BCUT2D eigenvalue weighted by atomic mass is 10.1. The van der Waals surface area contributed by atoms with Crippen LogP contribution < -0.4 is 0 Å². The van der Waals surface area contributed by atoms with E-state index in [1.54, 1.807) is 11.3 Å². The maximum atomic E-state index is 4.67. The molecule has 0 unspecified atom stereocenters. The van der Waals surface area contributed by atoms with E-state index in [4.69, 9.17) is 0 Å². The molecule has 0 atom stereocenters. The van der Waals surface area contributed by atoms with Crippen LogP contribution in [0.25, 0.3) is 31.6 Å². The van der Waals surface area contributed by atoms with Gasteiger partial charge in [-0.1, -0.05) is 48.5 Å². The summed E-state index contributed by atoms with van der Waals surface area (Å²) < 4.78 is 2.43. The van der Waals surface area contributed by atoms with Crippen molar-refractivity contribution in [1.82, 2.24) is 9.97 Å². The molecule has 0 saturated heterocycles. The van der Waals surface area contributed by atoms with Gasteiger partial charge >= 0.3 is 0 Å². The predicted molar refractivity (Wildman–Crippen MR) is 85.1 cm³/mol. The van der Waals surface area contributed by atoms with E-state index in [1.807, 2.05) is 25.1 Å². The van der Waals surface area contributed by atoms with Crippen molar-refractivity contribution < 1.29 is 0 Å². The first kappa shape index (κ1) is 11.6. The first-order valence-corrected chi connectivity index (χ1v) is 7.36. The Labute approximate surface area is 120 Å². The zero-order valence-electron chi connectivity index (χ0n) is 11.0. The summed E-state index contributed by atoms with van der Waals surface area (Å²) in [4.78, 5) is 9.32. The molecule has 4 aromatic rings. The van der Waals surface area contributed by atoms with Crippen molar-refractivity contribution in [3.8, 4) is 11.3 Å². The fraction of sp³-hybridized carbons (Fsp3) is 0.0588. The molecule has 2 heterocycles. The van der Waals surface area contributed by atoms with Crippen LogP contribution >= 0.6 is 11.3 Å². The average Bonchev–Trinajstić information content (AvgIpc) is 2.86. The van der Waals surface area contributed by atoms with Gasteiger partial charge in [0.05, 0.1) is 15.9 Å². The normalized spacial score (nSPS) is 11.2. The van der Waals surface area contributed by atoms with Crippen LogP contribution in [0.4, 0.5) is 0 Å². The Kier molecular flexibility index (Phi) is 2.54. The second-order valence-corrected chi connectivity index (χ2v) is 5.81. The van der Waals surface area contributed by atoms with Crippen molar-refractivity contribution in [2.45, 2.75) is 6.92 Å². The van der Waals surface area contributed by atoms with Gasteiger partial charge in [0, 0.05) is 15.6 Å². The molecule has 0 N–H and O–H groups in total. The van der Waals surface area contributed by atoms with Gasteiger partial charge in [-0.3, -0.25) is 0 Å². The molecule has 96 valence electrons. The Morgan fingerprint density at radius 2 is 1.60 bits per heavy atom. The fourth-order valence-electron chi connectivity index (χ4n) is 2.49. The average molecular weight is 276 g/mol. The van der Waals surface area contributed by atoms with Crippen LogP contribution in [0.3, 0.4) is 0 Å². The fourth-order valence-corrected chi connectivity index (χ4v) is 3.65. The molecular weight excluding hydrogens is 264 g/mol. The van der Waals surface area contributed by atoms with Gasteiger partial charge < -0.3 is 0 Å². The van der Waals surface area contributed by atoms with Gasteiger partial charge in [0.1, 0.15) is 5.82 Å². The molecule has 0 aliphatic heterocycles. The van der Waals surface area contributed by atoms with E-state index in [-0.39, 0.29) is 0 Å². The van der Waals surface area contributed by atoms with E-state index in [0.29, 0.717) is 0 Å². The first-order chi connectivity index (χ1) is 9.83. The molecule has 20 heavy (non-hydrogen) atoms. The molecule has 0 aliphatic rings. The lowest BCUT2D eigenvalue weighted by molar-refractivity contribution is 1.10. The molecule has 4 rings (SSSR count). The summed E-state index contributed by atoms with van der Waals surface area (Å²) in [6.45, 7) is 1.96. The van der Waals surface area contributed by atoms with Crippen molar-refractivity contribution in [2.24, 2.45) is 0 Å². The van der Waals surface area contributed by atoms with E-state index < -0.39 is 0 Å². The standard InChI is InChI=1S/C17H12N2S/c1-11-18-15(12-7-3-2-4-8-12)17-16(19-11)13-9-5-6-10-14(13)20-17/h2-10H,1H3. The van der Waals surface area contributed by atoms with Gasteiger partial charge in [0.2, 0.25) is 0 Å². The lowest BCUT2D eigenvalue weighted by Gasteiger charge is -2.03. The SMILES string of the molecule is Cc1nc(-c2ccccc2)c2sc3ccccc3c2n1. The number of aromatic nitrogens is 2. The monoisotopic (exact) mass is 276 g/mol. The Bertz CT molecular complexity index is 910. The number of thiophene rings is 1. The van der Waals surface area contributed by atoms with Crippen molar-refractivity contribution in [2.75, 3.05) is 0 Å². The lowest BCUT2D eigenvalue weighted by Crippen LogP contribution is -1.91. The third-order valence-electron chi connectivity index (χ3n) is 3.38. The number of benzene rings is 2. The van der Waals surface area contributed by atoms with Gasteiger partial charge in [-0.2, -0.15) is 0 Å². The summed E-state index contributed by atoms with van der Waals surface area (Å²) in [5.41, 5.74) is 3.25. The van der Waals surface area contributed by atoms with Gasteiger partial charge in [-0.05, 0) is 13.0 Å². The molecule has 2 nitrogen and oxygen atoms in total. The Hall–Kier alpha value is -2.26. The summed E-state index contributed by atoms with van der Waals surface area (Å²) in [6, 6.07) is 18.7. The van der Waals surface area contributed by atoms with E-state index in [0.717, 1.165) is 22.6 Å². The Morgan fingerprint density at radius 3 is 2.45 bits per heavy atom. The summed E-state index contributed by atoms with van der Waals surface area (Å²) in [5, 5.41) is 1.22. The number of hydrogen-bond acceptors (Lipinski definition) is 3. The second kappa shape index (κ2) is 4.39. The van der Waals surface area contributed by atoms with Gasteiger partial charge in [-0.15, -0.1) is 11.3 Å². The van der Waals surface area contributed by atoms with Crippen LogP contribution in [-0.2, 0) is 0 Å². The summed E-state index contributed by atoms with van der Waals surface area (Å²) in [7, 11) is 0. The van der Waals surface area contributed by atoms with Crippen LogP contribution in [0.1, 0.15) is 5.82 Å². The highest BCUT2D eigenvalue weighted by Crippen LogP contribution is 2.37. The summed E-state index contributed by atoms with van der Waals surface area (Å²) in [5.74, 6) is 0.819. The number of nitrogens with zero attached hydrogens (tertiary/aromatic N) is 2. The highest BCUT2D eigenvalue weighted by molar-refractivity contribution is 7.26. The highest BCUT2D eigenvalue weighted by Gasteiger charge is 2.13. The molecule has 0 saturated carbocycles. The zero-order chi connectivity index (χ0) is 13.5. The number of hydrogen-bond donors (Lipinski definition) is 0. The topological polar surface area (TPSA) is 25.8 Å². The van der Waals surface area contributed by atoms with Crippen LogP contribution in [0.15, 0.2) is 54.6 Å². The molecule has 0 bridgehead atoms. The minimum absolute atomic E-state index is 0.819. The van der Waals surface area contributed by atoms with Crippen LogP contribution in [-0.4, -0.2) is 9.97 Å². The van der Waals surface area contributed by atoms with Gasteiger partial charge in [0.15, 0.2) is 0 Å². The van der Waals surface area contributed by atoms with Crippen LogP contribution in [0, 0.1) is 6.92 Å². The van der Waals surface area contributed by atoms with Crippen molar-refractivity contribution >= 4 is 31.6 Å². The maximum Gasteiger partial charge on any atom is 0.126 e. The molecule has 0 amide bonds. The molecule has 2 aromatic heterocycles. The second-order valence-electron chi connectivity index (χ2n) is 4.76. The van der Waals surface area contributed by atoms with E-state index in [1.165, 1.54) is 14.8 Å². The quantitative estimate of drug-likeness (QED) is 0.498. The summed E-state index contributed by atoms with van der Waals surface area (Å²) >= 11 is 1.77. The third kappa shape index (κ3) is 1.71. The molecular formula is C17H12N2S. The Morgan fingerprint density at radius 1 is 0.850 bits per heavy atom. The molecule has 2 aromatic carbocycles. The minimum atomic E-state index is 0.819. The van der Waals surface area contributed by atoms with Gasteiger partial charge in [-0.25, -0.2) is 9.97 Å². The predicted octanol–water partition coefficient (Wildman–Crippen LogP) is 4.82. The molecule has 0 radical (unpaired) electrons. The molecule has 0 aliphatic carbocycles. The highest BCUT2D eigenvalue weighted by atomic mass is 32.1. The van der Waals surface area contributed by atoms with Gasteiger partial charge in [0.25, 0.3) is 0 Å². The van der Waals surface area contributed by atoms with Crippen molar-refractivity contribution in [1.29, 1.82) is 0 Å². The number of aryl methyl sites for hydroxylation is 1. The first-order valence-electron chi connectivity index (χ1n) is 6.54. The van der Waals surface area contributed by atoms with Crippen LogP contribution in [0.5, 0.6) is 0 Å². The van der Waals surface area contributed by atoms with Crippen molar-refractivity contribution in [3.63, 3.8) is 0 Å². The van der Waals surface area contributed by atoms with E-state index in [9.17, 15) is 0 Å².